The van der Waals surface area contributed by atoms with Crippen LogP contribution in [0, 0.1) is 0 Å². The molecule has 0 aliphatic rings. The van der Waals surface area contributed by atoms with Crippen LogP contribution in [0.25, 0.3) is 0 Å². The summed E-state index contributed by atoms with van der Waals surface area (Å²) in [6.07, 6.45) is 0. The second-order valence-corrected chi connectivity index (χ2v) is 18.7. The van der Waals surface area contributed by atoms with E-state index in [4.69, 9.17) is 8.92 Å². The Bertz CT molecular complexity index is 748. The molecule has 0 N–H and O–H groups in total. The second-order valence-electron chi connectivity index (χ2n) is 6.29. The van der Waals surface area contributed by atoms with Crippen molar-refractivity contribution in [1.29, 1.82) is 0 Å². The SMILES string of the molecule is CN(C)Cc1cccc[c]1[Sn]([Cl])([c]1ccccc1)[c]1ccccc1. The molecule has 3 aromatic carbocycles. The molecule has 0 unspecified atom stereocenters. The topological polar surface area (TPSA) is 3.24 Å². The number of benzene rings is 3. The average molecular weight is 443 g/mol. The van der Waals surface area contributed by atoms with Crippen LogP contribution in [0.4, 0.5) is 0 Å². The number of rotatable bonds is 5. The molecule has 1 nitrogen and oxygen atoms in total. The summed E-state index contributed by atoms with van der Waals surface area (Å²) >= 11 is -3.49. The Morgan fingerprint density at radius 1 is 0.708 bits per heavy atom. The van der Waals surface area contributed by atoms with E-state index in [2.05, 4.69) is 104 Å². The molecule has 0 spiro atoms. The van der Waals surface area contributed by atoms with Crippen LogP contribution in [-0.4, -0.2) is 36.2 Å². The van der Waals surface area contributed by atoms with Crippen LogP contribution in [-0.2, 0) is 6.54 Å². The Kier molecular flexibility index (Phi) is 5.64. The summed E-state index contributed by atoms with van der Waals surface area (Å²) in [5.41, 5.74) is 1.33. The second kappa shape index (κ2) is 7.73. The molecule has 0 heterocycles. The summed E-state index contributed by atoms with van der Waals surface area (Å²) in [5.74, 6) is 0. The molecule has 0 aliphatic carbocycles. The Labute approximate surface area is 152 Å². The summed E-state index contributed by atoms with van der Waals surface area (Å²) in [7, 11) is 11.8. The first kappa shape index (κ1) is 17.5. The molecule has 0 saturated carbocycles. The average Bonchev–Trinajstić information content (AvgIpc) is 2.62. The molecule has 3 rings (SSSR count). The van der Waals surface area contributed by atoms with Gasteiger partial charge in [0.05, 0.1) is 0 Å². The van der Waals surface area contributed by atoms with Gasteiger partial charge in [0.1, 0.15) is 0 Å². The Balaban J connectivity index is 2.24. The van der Waals surface area contributed by atoms with Gasteiger partial charge >= 0.3 is 153 Å². The molecule has 0 saturated heterocycles. The first-order valence-corrected chi connectivity index (χ1v) is 16.0. The van der Waals surface area contributed by atoms with Crippen molar-refractivity contribution in [2.75, 3.05) is 14.1 Å². The predicted octanol–water partition coefficient (Wildman–Crippen LogP) is 2.95. The van der Waals surface area contributed by atoms with Crippen molar-refractivity contribution >= 4 is 36.9 Å². The summed E-state index contributed by atoms with van der Waals surface area (Å²) in [6.45, 7) is 0.904. The molecule has 3 aromatic rings. The summed E-state index contributed by atoms with van der Waals surface area (Å²) in [4.78, 5) is 2.21. The molecule has 122 valence electrons. The van der Waals surface area contributed by atoms with E-state index in [0.29, 0.717) is 0 Å². The first-order chi connectivity index (χ1) is 11.6. The van der Waals surface area contributed by atoms with Crippen LogP contribution in [0.15, 0.2) is 84.9 Å². The quantitative estimate of drug-likeness (QED) is 0.550. The monoisotopic (exact) mass is 443 g/mol. The molecule has 0 atom stereocenters. The van der Waals surface area contributed by atoms with Crippen LogP contribution in [0.1, 0.15) is 5.56 Å². The van der Waals surface area contributed by atoms with Crippen molar-refractivity contribution in [3.63, 3.8) is 0 Å². The zero-order valence-electron chi connectivity index (χ0n) is 14.1. The molecular weight excluding hydrogens is 420 g/mol. The van der Waals surface area contributed by atoms with Gasteiger partial charge in [0.2, 0.25) is 0 Å². The van der Waals surface area contributed by atoms with Crippen LogP contribution < -0.4 is 10.7 Å². The van der Waals surface area contributed by atoms with Gasteiger partial charge < -0.3 is 0 Å². The third kappa shape index (κ3) is 3.53. The van der Waals surface area contributed by atoms with E-state index in [-0.39, 0.29) is 0 Å². The fourth-order valence-electron chi connectivity index (χ4n) is 3.15. The molecular formula is C21H22ClNSn. The Morgan fingerprint density at radius 2 is 1.17 bits per heavy atom. The van der Waals surface area contributed by atoms with Crippen molar-refractivity contribution in [3.05, 3.63) is 90.5 Å². The van der Waals surface area contributed by atoms with Crippen molar-refractivity contribution in [2.24, 2.45) is 0 Å². The number of nitrogens with zero attached hydrogens (tertiary/aromatic N) is 1. The van der Waals surface area contributed by atoms with Crippen LogP contribution in [0.5, 0.6) is 0 Å². The van der Waals surface area contributed by atoms with Crippen LogP contribution in [0.3, 0.4) is 0 Å². The van der Waals surface area contributed by atoms with Gasteiger partial charge in [0.15, 0.2) is 0 Å². The van der Waals surface area contributed by atoms with Gasteiger partial charge in [-0.2, -0.15) is 0 Å². The van der Waals surface area contributed by atoms with E-state index in [1.54, 1.807) is 0 Å². The van der Waals surface area contributed by atoms with Gasteiger partial charge in [0, 0.05) is 0 Å². The third-order valence-corrected chi connectivity index (χ3v) is 18.5. The van der Waals surface area contributed by atoms with Gasteiger partial charge in [-0.1, -0.05) is 0 Å². The minimum absolute atomic E-state index is 0.904. The van der Waals surface area contributed by atoms with Crippen molar-refractivity contribution in [1.82, 2.24) is 4.90 Å². The first-order valence-electron chi connectivity index (χ1n) is 8.15. The van der Waals surface area contributed by atoms with Crippen LogP contribution in [0.2, 0.25) is 0 Å². The van der Waals surface area contributed by atoms with Gasteiger partial charge in [-0.05, 0) is 0 Å². The summed E-state index contributed by atoms with van der Waals surface area (Å²) < 4.78 is 3.94. The van der Waals surface area contributed by atoms with E-state index < -0.39 is 17.3 Å². The van der Waals surface area contributed by atoms with Crippen molar-refractivity contribution in [3.8, 4) is 0 Å². The third-order valence-electron chi connectivity index (χ3n) is 4.22. The van der Waals surface area contributed by atoms with Crippen molar-refractivity contribution in [2.45, 2.75) is 6.54 Å². The number of hydrogen-bond donors (Lipinski definition) is 0. The van der Waals surface area contributed by atoms with Gasteiger partial charge in [-0.3, -0.25) is 0 Å². The van der Waals surface area contributed by atoms with Gasteiger partial charge in [-0.25, -0.2) is 0 Å². The zero-order chi connectivity index (χ0) is 17.0. The standard InChI is InChI=1S/C9H12N.2C6H5.ClH.Sn/c1-10(2)8-9-6-4-3-5-7-9;2*1-2-4-6-5-3-1;;/h3-6H,8H2,1-2H3;2*1-5H;1H;/q;;;;+1/p-1. The van der Waals surface area contributed by atoms with E-state index in [1.807, 2.05) is 0 Å². The van der Waals surface area contributed by atoms with E-state index in [9.17, 15) is 0 Å². The normalized spacial score (nSPS) is 11.7. The fraction of sp³-hybridized carbons (Fsp3) is 0.143. The Hall–Kier alpha value is -1.29. The van der Waals surface area contributed by atoms with Crippen molar-refractivity contribution < 1.29 is 0 Å². The molecule has 0 aromatic heterocycles. The molecule has 3 heteroatoms. The van der Waals surface area contributed by atoms with E-state index in [0.717, 1.165) is 6.54 Å². The molecule has 0 bridgehead atoms. The zero-order valence-corrected chi connectivity index (χ0v) is 17.7. The molecule has 24 heavy (non-hydrogen) atoms. The van der Waals surface area contributed by atoms with Gasteiger partial charge in [0.25, 0.3) is 0 Å². The minimum atomic E-state index is -3.49. The molecule has 0 amide bonds. The number of hydrogen-bond acceptors (Lipinski definition) is 1. The molecule has 0 aliphatic heterocycles. The van der Waals surface area contributed by atoms with E-state index in [1.165, 1.54) is 16.3 Å². The Morgan fingerprint density at radius 3 is 1.67 bits per heavy atom. The number of halogens is 1. The maximum atomic E-state index is 7.60. The summed E-state index contributed by atoms with van der Waals surface area (Å²) in [6, 6.07) is 30.0. The van der Waals surface area contributed by atoms with E-state index >= 15 is 0 Å². The molecule has 0 fully saturated rings. The fourth-order valence-corrected chi connectivity index (χ4v) is 15.2. The van der Waals surface area contributed by atoms with Gasteiger partial charge in [-0.15, -0.1) is 0 Å². The summed E-state index contributed by atoms with van der Waals surface area (Å²) in [5, 5.41) is 0. The maximum absolute atomic E-state index is 7.60. The predicted molar refractivity (Wildman–Crippen MR) is 107 cm³/mol. The van der Waals surface area contributed by atoms with Crippen LogP contribution >= 0.6 is 8.92 Å². The molecule has 0 radical (unpaired) electrons.